The van der Waals surface area contributed by atoms with Crippen LogP contribution in [0.15, 0.2) is 21.5 Å². The van der Waals surface area contributed by atoms with Gasteiger partial charge in [0.2, 0.25) is 0 Å². The molecule has 0 radical (unpaired) electrons. The minimum atomic E-state index is -3.99. The summed E-state index contributed by atoms with van der Waals surface area (Å²) in [5.74, 6) is 0. The van der Waals surface area contributed by atoms with Crippen molar-refractivity contribution in [3.05, 3.63) is 30.3 Å². The fourth-order valence-electron chi connectivity index (χ4n) is 0.845. The van der Waals surface area contributed by atoms with Gasteiger partial charge in [-0.25, -0.2) is 8.42 Å². The first kappa shape index (κ1) is 13.1. The summed E-state index contributed by atoms with van der Waals surface area (Å²) in [6.45, 7) is 0. The molecule has 5 nitrogen and oxygen atoms in total. The summed E-state index contributed by atoms with van der Waals surface area (Å²) < 4.78 is 22.6. The van der Waals surface area contributed by atoms with E-state index >= 15 is 0 Å². The standard InChI is InChI=1S/C6H2BrClINO4S/c7-3-1-4(9)5(10(11)12)2-6(3)15(8,13)14/h1-2H. The zero-order chi connectivity index (χ0) is 11.8. The Labute approximate surface area is 112 Å². The molecule has 0 N–H and O–H groups in total. The average Bonchev–Trinajstić information content (AvgIpc) is 2.00. The van der Waals surface area contributed by atoms with E-state index in [1.165, 1.54) is 6.07 Å². The molecular formula is C6H2BrClINO4S. The van der Waals surface area contributed by atoms with Gasteiger partial charge in [0, 0.05) is 21.2 Å². The van der Waals surface area contributed by atoms with Gasteiger partial charge in [0.25, 0.3) is 14.7 Å². The molecule has 1 aromatic carbocycles. The fourth-order valence-corrected chi connectivity index (χ4v) is 4.13. The smallest absolute Gasteiger partial charge is 0.258 e. The highest BCUT2D eigenvalue weighted by atomic mass is 127. The van der Waals surface area contributed by atoms with Gasteiger partial charge in [-0.15, -0.1) is 0 Å². The molecule has 0 aliphatic heterocycles. The maximum Gasteiger partial charge on any atom is 0.284 e. The number of nitro groups is 1. The van der Waals surface area contributed by atoms with E-state index < -0.39 is 14.0 Å². The lowest BCUT2D eigenvalue weighted by Gasteiger charge is -2.01. The largest absolute Gasteiger partial charge is 0.284 e. The lowest BCUT2D eigenvalue weighted by atomic mass is 10.3. The van der Waals surface area contributed by atoms with Gasteiger partial charge in [0.05, 0.1) is 8.49 Å². The molecule has 0 fully saturated rings. The molecule has 0 aliphatic rings. The Hall–Kier alpha value is 0.0700. The second-order valence-electron chi connectivity index (χ2n) is 2.43. The molecule has 0 aromatic heterocycles. The molecular weight excluding hydrogens is 424 g/mol. The van der Waals surface area contributed by atoms with Crippen LogP contribution in [0.4, 0.5) is 5.69 Å². The third-order valence-corrected chi connectivity index (χ3v) is 4.61. The SMILES string of the molecule is O=[N+]([O-])c1cc(S(=O)(=O)Cl)c(Br)cc1I. The van der Waals surface area contributed by atoms with E-state index in [1.807, 2.05) is 0 Å². The van der Waals surface area contributed by atoms with Crippen molar-refractivity contribution in [2.75, 3.05) is 0 Å². The van der Waals surface area contributed by atoms with Crippen LogP contribution in [0.3, 0.4) is 0 Å². The van der Waals surface area contributed by atoms with E-state index in [4.69, 9.17) is 10.7 Å². The van der Waals surface area contributed by atoms with Crippen molar-refractivity contribution in [1.29, 1.82) is 0 Å². The molecule has 0 amide bonds. The van der Waals surface area contributed by atoms with Crippen LogP contribution in [0.2, 0.25) is 0 Å². The molecule has 0 saturated carbocycles. The highest BCUT2D eigenvalue weighted by molar-refractivity contribution is 14.1. The average molecular weight is 426 g/mol. The Morgan fingerprint density at radius 1 is 1.47 bits per heavy atom. The van der Waals surface area contributed by atoms with Crippen LogP contribution in [0.5, 0.6) is 0 Å². The van der Waals surface area contributed by atoms with E-state index in [-0.39, 0.29) is 15.1 Å². The first-order chi connectivity index (χ1) is 6.73. The predicted molar refractivity (Wildman–Crippen MR) is 66.6 cm³/mol. The molecule has 0 spiro atoms. The molecule has 0 bridgehead atoms. The van der Waals surface area contributed by atoms with E-state index in [9.17, 15) is 18.5 Å². The second-order valence-corrected chi connectivity index (χ2v) is 6.98. The van der Waals surface area contributed by atoms with Crippen LogP contribution in [0.1, 0.15) is 0 Å². The van der Waals surface area contributed by atoms with Crippen molar-refractivity contribution < 1.29 is 13.3 Å². The molecule has 0 unspecified atom stereocenters. The molecule has 0 aliphatic carbocycles. The molecule has 0 atom stereocenters. The second kappa shape index (κ2) is 4.52. The molecule has 1 rings (SSSR count). The van der Waals surface area contributed by atoms with E-state index in [0.717, 1.165) is 6.07 Å². The van der Waals surface area contributed by atoms with Gasteiger partial charge >= 0.3 is 0 Å². The van der Waals surface area contributed by atoms with Crippen LogP contribution in [-0.2, 0) is 9.05 Å². The van der Waals surface area contributed by atoms with Crippen LogP contribution in [-0.4, -0.2) is 13.3 Å². The molecule has 82 valence electrons. The normalized spacial score (nSPS) is 11.4. The lowest BCUT2D eigenvalue weighted by Crippen LogP contribution is -1.98. The van der Waals surface area contributed by atoms with Gasteiger partial charge in [0.1, 0.15) is 4.90 Å². The van der Waals surface area contributed by atoms with Gasteiger partial charge < -0.3 is 0 Å². The number of nitrogens with zero attached hydrogens (tertiary/aromatic N) is 1. The highest BCUT2D eigenvalue weighted by Crippen LogP contribution is 2.32. The van der Waals surface area contributed by atoms with Crippen LogP contribution in [0.25, 0.3) is 0 Å². The Kier molecular flexibility index (Phi) is 3.95. The summed E-state index contributed by atoms with van der Waals surface area (Å²) in [5, 5.41) is 10.6. The third-order valence-electron chi connectivity index (χ3n) is 1.46. The Morgan fingerprint density at radius 2 is 2.00 bits per heavy atom. The van der Waals surface area contributed by atoms with Crippen molar-refractivity contribution in [1.82, 2.24) is 0 Å². The number of rotatable bonds is 2. The summed E-state index contributed by atoms with van der Waals surface area (Å²) >= 11 is 4.71. The van der Waals surface area contributed by atoms with E-state index in [1.54, 1.807) is 22.6 Å². The van der Waals surface area contributed by atoms with Crippen LogP contribution < -0.4 is 0 Å². The minimum absolute atomic E-state index is 0.201. The molecule has 9 heteroatoms. The van der Waals surface area contributed by atoms with Gasteiger partial charge in [-0.05, 0) is 44.6 Å². The van der Waals surface area contributed by atoms with Crippen molar-refractivity contribution in [2.24, 2.45) is 0 Å². The Balaban J connectivity index is 3.58. The number of halogens is 3. The zero-order valence-corrected chi connectivity index (χ0v) is 12.1. The predicted octanol–water partition coefficient (Wildman–Crippen LogP) is 2.89. The third kappa shape index (κ3) is 3.02. The minimum Gasteiger partial charge on any atom is -0.258 e. The summed E-state index contributed by atoms with van der Waals surface area (Å²) in [6, 6.07) is 2.25. The summed E-state index contributed by atoms with van der Waals surface area (Å²) in [7, 11) is 1.12. The van der Waals surface area contributed by atoms with Crippen LogP contribution in [0, 0.1) is 13.7 Å². The van der Waals surface area contributed by atoms with Crippen molar-refractivity contribution >= 4 is 63.9 Å². The maximum atomic E-state index is 11.1. The van der Waals surface area contributed by atoms with Crippen LogP contribution >= 0.6 is 49.2 Å². The number of benzene rings is 1. The molecule has 1 aromatic rings. The monoisotopic (exact) mass is 425 g/mol. The van der Waals surface area contributed by atoms with Crippen molar-refractivity contribution in [2.45, 2.75) is 4.90 Å². The molecule has 0 heterocycles. The number of nitro benzene ring substituents is 1. The maximum absolute atomic E-state index is 11.1. The number of hydrogen-bond acceptors (Lipinski definition) is 4. The fraction of sp³-hybridized carbons (Fsp3) is 0. The number of hydrogen-bond donors (Lipinski definition) is 0. The topological polar surface area (TPSA) is 77.3 Å². The zero-order valence-electron chi connectivity index (χ0n) is 6.78. The summed E-state index contributed by atoms with van der Waals surface area (Å²) in [5.41, 5.74) is -0.293. The van der Waals surface area contributed by atoms with Gasteiger partial charge in [-0.2, -0.15) is 0 Å². The summed E-state index contributed by atoms with van der Waals surface area (Å²) in [6.07, 6.45) is 0. The van der Waals surface area contributed by atoms with Crippen molar-refractivity contribution in [3.63, 3.8) is 0 Å². The van der Waals surface area contributed by atoms with Crippen molar-refractivity contribution in [3.8, 4) is 0 Å². The van der Waals surface area contributed by atoms with Gasteiger partial charge in [-0.3, -0.25) is 10.1 Å². The Bertz CT molecular complexity index is 532. The molecule has 0 saturated heterocycles. The van der Waals surface area contributed by atoms with E-state index in [0.29, 0.717) is 3.57 Å². The van der Waals surface area contributed by atoms with Gasteiger partial charge in [-0.1, -0.05) is 0 Å². The van der Waals surface area contributed by atoms with Gasteiger partial charge in [0.15, 0.2) is 0 Å². The molecule has 15 heavy (non-hydrogen) atoms. The van der Waals surface area contributed by atoms with E-state index in [2.05, 4.69) is 15.9 Å². The quantitative estimate of drug-likeness (QED) is 0.315. The first-order valence-electron chi connectivity index (χ1n) is 3.31. The first-order valence-corrected chi connectivity index (χ1v) is 7.49. The summed E-state index contributed by atoms with van der Waals surface area (Å²) in [4.78, 5) is 9.58. The lowest BCUT2D eigenvalue weighted by molar-refractivity contribution is -0.386. The highest BCUT2D eigenvalue weighted by Gasteiger charge is 2.22. The Morgan fingerprint density at radius 3 is 2.40 bits per heavy atom.